The van der Waals surface area contributed by atoms with Gasteiger partial charge in [-0.3, -0.25) is 9.59 Å². The lowest BCUT2D eigenvalue weighted by Crippen LogP contribution is -1.99. The van der Waals surface area contributed by atoms with Crippen molar-refractivity contribution >= 4 is 35.8 Å². The van der Waals surface area contributed by atoms with Gasteiger partial charge in [-0.05, 0) is 61.4 Å². The van der Waals surface area contributed by atoms with E-state index in [1.807, 2.05) is 0 Å². The molecule has 0 saturated carbocycles. The van der Waals surface area contributed by atoms with Crippen molar-refractivity contribution in [3.8, 4) is 0 Å². The number of rotatable bonds is 14. The summed E-state index contributed by atoms with van der Waals surface area (Å²) < 4.78 is 0. The van der Waals surface area contributed by atoms with Crippen molar-refractivity contribution in [3.63, 3.8) is 0 Å². The van der Waals surface area contributed by atoms with Gasteiger partial charge in [0.1, 0.15) is 0 Å². The smallest absolute Gasteiger partial charge is 0.335 e. The van der Waals surface area contributed by atoms with Crippen molar-refractivity contribution in [3.05, 3.63) is 70.8 Å². The van der Waals surface area contributed by atoms with Crippen LogP contribution in [0.5, 0.6) is 0 Å². The Morgan fingerprint density at radius 3 is 0.714 bits per heavy atom. The molecule has 232 valence electrons. The molecule has 0 aliphatic carbocycles. The Kier molecular flexibility index (Phi) is 22.5. The second-order valence-electron chi connectivity index (χ2n) is 8.23. The second-order valence-corrected chi connectivity index (χ2v) is 8.23. The summed E-state index contributed by atoms with van der Waals surface area (Å²) in [6.07, 6.45) is 5.82. The van der Waals surface area contributed by atoms with Crippen LogP contribution >= 0.6 is 0 Å². The lowest BCUT2D eigenvalue weighted by molar-refractivity contribution is -0.138. The molecule has 0 amide bonds. The van der Waals surface area contributed by atoms with Gasteiger partial charge in [-0.15, -0.1) is 0 Å². The summed E-state index contributed by atoms with van der Waals surface area (Å²) in [7, 11) is 0. The first-order valence-corrected chi connectivity index (χ1v) is 12.5. The highest BCUT2D eigenvalue weighted by Gasteiger charge is 2.06. The van der Waals surface area contributed by atoms with Gasteiger partial charge >= 0.3 is 35.8 Å². The Hall–Kier alpha value is -4.82. The molecule has 0 aliphatic rings. The largest absolute Gasteiger partial charge is 0.481 e. The molecule has 0 aliphatic heterocycles. The van der Waals surface area contributed by atoms with Crippen molar-refractivity contribution in [2.75, 3.05) is 13.2 Å². The van der Waals surface area contributed by atoms with Gasteiger partial charge < -0.3 is 40.9 Å². The molecule has 14 nitrogen and oxygen atoms in total. The van der Waals surface area contributed by atoms with Crippen molar-refractivity contribution in [1.82, 2.24) is 0 Å². The third kappa shape index (κ3) is 22.0. The van der Waals surface area contributed by atoms with E-state index in [1.165, 1.54) is 48.5 Å². The normalized spacial score (nSPS) is 9.38. The van der Waals surface area contributed by atoms with Crippen LogP contribution in [0.4, 0.5) is 0 Å². The lowest BCUT2D eigenvalue weighted by Gasteiger charge is -1.98. The maximum atomic E-state index is 10.3. The van der Waals surface area contributed by atoms with E-state index in [9.17, 15) is 28.8 Å². The fourth-order valence-corrected chi connectivity index (χ4v) is 2.77. The van der Waals surface area contributed by atoms with E-state index < -0.39 is 35.8 Å². The van der Waals surface area contributed by atoms with Gasteiger partial charge in [-0.25, -0.2) is 19.2 Å². The number of aromatic carboxylic acids is 4. The molecule has 42 heavy (non-hydrogen) atoms. The lowest BCUT2D eigenvalue weighted by atomic mass is 10.1. The van der Waals surface area contributed by atoms with Crippen molar-refractivity contribution in [1.29, 1.82) is 0 Å². The van der Waals surface area contributed by atoms with Crippen LogP contribution in [0.3, 0.4) is 0 Å². The van der Waals surface area contributed by atoms with E-state index >= 15 is 0 Å². The van der Waals surface area contributed by atoms with Crippen molar-refractivity contribution < 1.29 is 69.6 Å². The molecule has 0 radical (unpaired) electrons. The fourth-order valence-electron chi connectivity index (χ4n) is 2.77. The zero-order valence-electron chi connectivity index (χ0n) is 22.7. The van der Waals surface area contributed by atoms with Gasteiger partial charge in [0.05, 0.1) is 35.5 Å². The number of carboxylic acids is 6. The number of hydrogen-bond donors (Lipinski definition) is 8. The summed E-state index contributed by atoms with van der Waals surface area (Å²) >= 11 is 0. The molecule has 0 unspecified atom stereocenters. The molecule has 0 atom stereocenters. The molecule has 14 heteroatoms. The van der Waals surface area contributed by atoms with E-state index in [-0.39, 0.29) is 48.3 Å². The minimum absolute atomic E-state index is 0.0833. The van der Waals surface area contributed by atoms with Gasteiger partial charge in [-0.1, -0.05) is 25.7 Å². The van der Waals surface area contributed by atoms with Crippen LogP contribution in [-0.2, 0) is 9.59 Å². The summed E-state index contributed by atoms with van der Waals surface area (Å²) in [6, 6.07) is 10.0. The van der Waals surface area contributed by atoms with Crippen LogP contribution < -0.4 is 0 Å². The van der Waals surface area contributed by atoms with Crippen LogP contribution in [0.2, 0.25) is 0 Å². The summed E-state index contributed by atoms with van der Waals surface area (Å²) in [5.74, 6) is -5.73. The highest BCUT2D eigenvalue weighted by atomic mass is 16.4. The molecular weight excluding hydrogens is 560 g/mol. The van der Waals surface area contributed by atoms with Gasteiger partial charge in [0.25, 0.3) is 0 Å². The van der Waals surface area contributed by atoms with Crippen molar-refractivity contribution in [2.45, 2.75) is 51.4 Å². The standard InChI is InChI=1S/C10H18O4.2C8H6O4.C2H6O2/c11-9(12)7-5-3-1-2-4-6-8-10(13)14;2*9-7(10)5-1-2-6(4-3-5)8(11)12;3-1-2-4/h1-8H2,(H,11,12)(H,13,14);2*1-4H,(H,9,10)(H,11,12);3-4H,1-2H2. The fraction of sp³-hybridized carbons (Fsp3) is 0.357. The average Bonchev–Trinajstić information content (AvgIpc) is 2.95. The van der Waals surface area contributed by atoms with Gasteiger partial charge in [0, 0.05) is 12.8 Å². The number of aliphatic carboxylic acids is 2. The quantitative estimate of drug-likeness (QED) is 0.145. The topological polar surface area (TPSA) is 264 Å². The highest BCUT2D eigenvalue weighted by Crippen LogP contribution is 2.08. The number of aliphatic hydroxyl groups is 2. The van der Waals surface area contributed by atoms with Crippen LogP contribution in [0.25, 0.3) is 0 Å². The summed E-state index contributed by atoms with van der Waals surface area (Å²) in [5, 5.41) is 65.8. The molecule has 0 spiro atoms. The third-order valence-electron chi connectivity index (χ3n) is 4.89. The maximum absolute atomic E-state index is 10.3. The predicted molar refractivity (Wildman–Crippen MR) is 147 cm³/mol. The number of carboxylic acid groups (broad SMARTS) is 6. The minimum Gasteiger partial charge on any atom is -0.481 e. The summed E-state index contributed by atoms with van der Waals surface area (Å²) in [4.78, 5) is 61.6. The SMILES string of the molecule is O=C(O)CCCCCCCCC(=O)O.O=C(O)c1ccc(C(=O)O)cc1.O=C(O)c1ccc(C(=O)O)cc1.OCCO. The van der Waals surface area contributed by atoms with Gasteiger partial charge in [0.2, 0.25) is 0 Å². The average molecular weight is 597 g/mol. The Morgan fingerprint density at radius 2 is 0.571 bits per heavy atom. The summed E-state index contributed by atoms with van der Waals surface area (Å²) in [6.45, 7) is -0.250. The Labute approximate surface area is 241 Å². The molecule has 0 fully saturated rings. The second kappa shape index (κ2) is 24.0. The van der Waals surface area contributed by atoms with Crippen molar-refractivity contribution in [2.24, 2.45) is 0 Å². The Bertz CT molecular complexity index is 953. The summed E-state index contributed by atoms with van der Waals surface area (Å²) in [5.41, 5.74) is 0.333. The molecule has 8 N–H and O–H groups in total. The number of benzene rings is 2. The van der Waals surface area contributed by atoms with Gasteiger partial charge in [-0.2, -0.15) is 0 Å². The third-order valence-corrected chi connectivity index (χ3v) is 4.89. The molecular formula is C28H36O14. The monoisotopic (exact) mass is 596 g/mol. The molecule has 2 aromatic carbocycles. The minimum atomic E-state index is -1.06. The van der Waals surface area contributed by atoms with Crippen LogP contribution in [0.15, 0.2) is 48.5 Å². The molecule has 2 rings (SSSR count). The first kappa shape index (κ1) is 39.3. The van der Waals surface area contributed by atoms with E-state index in [0.29, 0.717) is 0 Å². The first-order chi connectivity index (χ1) is 19.8. The van der Waals surface area contributed by atoms with E-state index in [0.717, 1.165) is 38.5 Å². The van der Waals surface area contributed by atoms with E-state index in [2.05, 4.69) is 0 Å². The van der Waals surface area contributed by atoms with Gasteiger partial charge in [0.15, 0.2) is 0 Å². The maximum Gasteiger partial charge on any atom is 0.335 e. The zero-order chi connectivity index (χ0) is 32.5. The number of carbonyl (C=O) groups is 6. The molecule has 0 bridgehead atoms. The highest BCUT2D eigenvalue weighted by molar-refractivity contribution is 5.92. The number of hydrogen-bond acceptors (Lipinski definition) is 8. The van der Waals surface area contributed by atoms with Crippen LogP contribution in [-0.4, -0.2) is 89.9 Å². The van der Waals surface area contributed by atoms with E-state index in [1.54, 1.807) is 0 Å². The number of aliphatic hydroxyl groups excluding tert-OH is 2. The van der Waals surface area contributed by atoms with Crippen LogP contribution in [0.1, 0.15) is 92.8 Å². The zero-order valence-corrected chi connectivity index (χ0v) is 22.7. The molecule has 0 saturated heterocycles. The number of unbranched alkanes of at least 4 members (excludes halogenated alkanes) is 5. The predicted octanol–water partition coefficient (Wildman–Crippen LogP) is 3.41. The first-order valence-electron chi connectivity index (χ1n) is 12.5. The van der Waals surface area contributed by atoms with E-state index in [4.69, 9.17) is 40.9 Å². The Balaban J connectivity index is 0. The Morgan fingerprint density at radius 1 is 0.381 bits per heavy atom. The molecule has 0 heterocycles. The molecule has 0 aromatic heterocycles. The molecule has 2 aromatic rings. The van der Waals surface area contributed by atoms with Crippen LogP contribution in [0, 0.1) is 0 Å².